The Labute approximate surface area is 109 Å². The maximum absolute atomic E-state index is 12.4. The van der Waals surface area contributed by atoms with Gasteiger partial charge in [0.15, 0.2) is 0 Å². The van der Waals surface area contributed by atoms with Crippen molar-refractivity contribution in [1.29, 1.82) is 0 Å². The van der Waals surface area contributed by atoms with Gasteiger partial charge in [-0.15, -0.1) is 0 Å². The average Bonchev–Trinajstić information content (AvgIpc) is 2.67. The molecule has 2 unspecified atom stereocenters. The molecular formula is C13H24N2OS. The van der Waals surface area contributed by atoms with E-state index in [1.807, 2.05) is 11.8 Å². The summed E-state index contributed by atoms with van der Waals surface area (Å²) in [6.45, 7) is 6.49. The number of hydrogen-bond acceptors (Lipinski definition) is 3. The minimum absolute atomic E-state index is 0.0528. The summed E-state index contributed by atoms with van der Waals surface area (Å²) in [6, 6.07) is 0.525. The molecule has 0 saturated carbocycles. The van der Waals surface area contributed by atoms with Crippen LogP contribution in [0.1, 0.15) is 40.0 Å². The SMILES string of the molecule is CCC1NC(C(C)C)N(C2CCSCC2)C1=O. The summed E-state index contributed by atoms with van der Waals surface area (Å²) in [6.07, 6.45) is 3.48. The molecule has 3 nitrogen and oxygen atoms in total. The third-order valence-electron chi connectivity index (χ3n) is 3.85. The molecule has 2 atom stereocenters. The van der Waals surface area contributed by atoms with E-state index in [4.69, 9.17) is 0 Å². The maximum Gasteiger partial charge on any atom is 0.241 e. The van der Waals surface area contributed by atoms with Gasteiger partial charge in [0.2, 0.25) is 5.91 Å². The van der Waals surface area contributed by atoms with Crippen molar-refractivity contribution in [1.82, 2.24) is 10.2 Å². The van der Waals surface area contributed by atoms with E-state index >= 15 is 0 Å². The van der Waals surface area contributed by atoms with E-state index in [1.54, 1.807) is 0 Å². The average molecular weight is 256 g/mol. The lowest BCUT2D eigenvalue weighted by Gasteiger charge is -2.36. The van der Waals surface area contributed by atoms with Gasteiger partial charge in [0.1, 0.15) is 0 Å². The lowest BCUT2D eigenvalue weighted by atomic mass is 10.1. The first-order valence-electron chi connectivity index (χ1n) is 6.81. The Morgan fingerprint density at radius 1 is 1.41 bits per heavy atom. The summed E-state index contributed by atoms with van der Waals surface area (Å²) < 4.78 is 0. The van der Waals surface area contributed by atoms with Crippen LogP contribution >= 0.6 is 11.8 Å². The normalized spacial score (nSPS) is 31.5. The molecule has 2 aliphatic rings. The van der Waals surface area contributed by atoms with Gasteiger partial charge in [0.25, 0.3) is 0 Å². The van der Waals surface area contributed by atoms with Crippen molar-refractivity contribution in [3.8, 4) is 0 Å². The van der Waals surface area contributed by atoms with E-state index in [1.165, 1.54) is 11.5 Å². The third-order valence-corrected chi connectivity index (χ3v) is 4.90. The van der Waals surface area contributed by atoms with E-state index in [0.717, 1.165) is 19.3 Å². The van der Waals surface area contributed by atoms with Crippen LogP contribution in [0.25, 0.3) is 0 Å². The summed E-state index contributed by atoms with van der Waals surface area (Å²) >= 11 is 2.02. The second-order valence-electron chi connectivity index (χ2n) is 5.41. The zero-order valence-electron chi connectivity index (χ0n) is 11.1. The van der Waals surface area contributed by atoms with Crippen molar-refractivity contribution in [2.75, 3.05) is 11.5 Å². The van der Waals surface area contributed by atoms with Gasteiger partial charge in [-0.3, -0.25) is 10.1 Å². The highest BCUT2D eigenvalue weighted by Crippen LogP contribution is 2.29. The van der Waals surface area contributed by atoms with Crippen LogP contribution in [-0.4, -0.2) is 40.6 Å². The number of carbonyl (C=O) groups excluding carboxylic acids is 1. The smallest absolute Gasteiger partial charge is 0.241 e. The number of thioether (sulfide) groups is 1. The van der Waals surface area contributed by atoms with Crippen LogP contribution < -0.4 is 5.32 Å². The fourth-order valence-corrected chi connectivity index (χ4v) is 3.93. The highest BCUT2D eigenvalue weighted by Gasteiger charge is 2.42. The van der Waals surface area contributed by atoms with Crippen LogP contribution in [-0.2, 0) is 4.79 Å². The summed E-state index contributed by atoms with van der Waals surface area (Å²) in [5.41, 5.74) is 0. The highest BCUT2D eigenvalue weighted by molar-refractivity contribution is 7.99. The fourth-order valence-electron chi connectivity index (χ4n) is 2.85. The van der Waals surface area contributed by atoms with Crippen LogP contribution in [0, 0.1) is 5.92 Å². The van der Waals surface area contributed by atoms with Gasteiger partial charge in [-0.2, -0.15) is 11.8 Å². The van der Waals surface area contributed by atoms with Gasteiger partial charge >= 0.3 is 0 Å². The lowest BCUT2D eigenvalue weighted by Crippen LogP contribution is -2.48. The molecule has 0 bridgehead atoms. The molecular weight excluding hydrogens is 232 g/mol. The molecule has 4 heteroatoms. The Hall–Kier alpha value is -0.220. The quantitative estimate of drug-likeness (QED) is 0.839. The number of rotatable bonds is 3. The Morgan fingerprint density at radius 3 is 2.59 bits per heavy atom. The van der Waals surface area contributed by atoms with Crippen molar-refractivity contribution in [3.05, 3.63) is 0 Å². The summed E-state index contributed by atoms with van der Waals surface area (Å²) in [7, 11) is 0. The maximum atomic E-state index is 12.4. The summed E-state index contributed by atoms with van der Waals surface area (Å²) in [5, 5.41) is 3.51. The van der Waals surface area contributed by atoms with E-state index < -0.39 is 0 Å². The van der Waals surface area contributed by atoms with E-state index in [9.17, 15) is 4.79 Å². The predicted octanol–water partition coefficient (Wildman–Crippen LogP) is 2.07. The standard InChI is InChI=1S/C13H24N2OS/c1-4-11-13(16)15(12(14-11)9(2)3)10-5-7-17-8-6-10/h9-12,14H,4-8H2,1-3H3. The van der Waals surface area contributed by atoms with E-state index in [-0.39, 0.29) is 12.2 Å². The molecule has 1 amide bonds. The number of hydrogen-bond donors (Lipinski definition) is 1. The Morgan fingerprint density at radius 2 is 2.06 bits per heavy atom. The third kappa shape index (κ3) is 2.63. The minimum atomic E-state index is 0.0528. The molecule has 98 valence electrons. The van der Waals surface area contributed by atoms with Gasteiger partial charge in [0.05, 0.1) is 12.2 Å². The zero-order valence-corrected chi connectivity index (χ0v) is 11.9. The number of nitrogens with one attached hydrogen (secondary N) is 1. The van der Waals surface area contributed by atoms with Gasteiger partial charge in [-0.1, -0.05) is 20.8 Å². The topological polar surface area (TPSA) is 32.3 Å². The Bertz CT molecular complexity index is 277. The van der Waals surface area contributed by atoms with E-state index in [2.05, 4.69) is 31.0 Å². The van der Waals surface area contributed by atoms with Gasteiger partial charge < -0.3 is 4.90 Å². The predicted molar refractivity (Wildman–Crippen MR) is 73.0 cm³/mol. The Balaban J connectivity index is 2.12. The van der Waals surface area contributed by atoms with Crippen molar-refractivity contribution < 1.29 is 4.79 Å². The molecule has 0 radical (unpaired) electrons. The number of carbonyl (C=O) groups is 1. The van der Waals surface area contributed by atoms with Crippen LogP contribution in [0.3, 0.4) is 0 Å². The molecule has 0 aromatic rings. The van der Waals surface area contributed by atoms with Crippen molar-refractivity contribution >= 4 is 17.7 Å². The Kier molecular flexibility index (Phi) is 4.36. The van der Waals surface area contributed by atoms with Crippen LogP contribution in [0.5, 0.6) is 0 Å². The highest BCUT2D eigenvalue weighted by atomic mass is 32.2. The first-order valence-corrected chi connectivity index (χ1v) is 7.96. The molecule has 2 saturated heterocycles. The second-order valence-corrected chi connectivity index (χ2v) is 6.63. The van der Waals surface area contributed by atoms with Crippen molar-refractivity contribution in [3.63, 3.8) is 0 Å². The lowest BCUT2D eigenvalue weighted by molar-refractivity contribution is -0.133. The minimum Gasteiger partial charge on any atom is -0.322 e. The molecule has 0 aromatic carbocycles. The number of nitrogens with zero attached hydrogens (tertiary/aromatic N) is 1. The van der Waals surface area contributed by atoms with Crippen LogP contribution in [0.4, 0.5) is 0 Å². The summed E-state index contributed by atoms with van der Waals surface area (Å²) in [4.78, 5) is 14.6. The largest absolute Gasteiger partial charge is 0.322 e. The molecule has 2 heterocycles. The monoisotopic (exact) mass is 256 g/mol. The van der Waals surface area contributed by atoms with Crippen LogP contribution in [0.2, 0.25) is 0 Å². The second kappa shape index (κ2) is 5.61. The molecule has 0 aromatic heterocycles. The summed E-state index contributed by atoms with van der Waals surface area (Å²) in [5.74, 6) is 3.24. The molecule has 0 spiro atoms. The molecule has 2 fully saturated rings. The molecule has 2 rings (SSSR count). The first kappa shape index (κ1) is 13.2. The van der Waals surface area contributed by atoms with Crippen molar-refractivity contribution in [2.45, 2.75) is 58.3 Å². The molecule has 0 aliphatic carbocycles. The molecule has 2 aliphatic heterocycles. The first-order chi connectivity index (χ1) is 8.15. The van der Waals surface area contributed by atoms with Crippen LogP contribution in [0.15, 0.2) is 0 Å². The van der Waals surface area contributed by atoms with Crippen molar-refractivity contribution in [2.24, 2.45) is 5.92 Å². The number of amides is 1. The van der Waals surface area contributed by atoms with E-state index in [0.29, 0.717) is 17.9 Å². The zero-order chi connectivity index (χ0) is 12.4. The van der Waals surface area contributed by atoms with Gasteiger partial charge in [-0.05, 0) is 36.7 Å². The fraction of sp³-hybridized carbons (Fsp3) is 0.923. The molecule has 1 N–H and O–H groups in total. The van der Waals surface area contributed by atoms with Gasteiger partial charge in [-0.25, -0.2) is 0 Å². The van der Waals surface area contributed by atoms with Gasteiger partial charge in [0, 0.05) is 6.04 Å². The molecule has 17 heavy (non-hydrogen) atoms.